The lowest BCUT2D eigenvalue weighted by Gasteiger charge is -2.26. The summed E-state index contributed by atoms with van der Waals surface area (Å²) in [5.41, 5.74) is 0. The number of hydrogen-bond donors (Lipinski definition) is 1. The number of nitrogens with zero attached hydrogens (tertiary/aromatic N) is 3. The summed E-state index contributed by atoms with van der Waals surface area (Å²) in [6, 6.07) is 0. The van der Waals surface area contributed by atoms with Gasteiger partial charge in [-0.05, 0) is 12.8 Å². The molecule has 0 aromatic carbocycles. The Morgan fingerprint density at radius 2 is 2.00 bits per heavy atom. The molecule has 0 bridgehead atoms. The van der Waals surface area contributed by atoms with Gasteiger partial charge in [-0.25, -0.2) is 4.98 Å². The molecule has 1 aromatic rings. The van der Waals surface area contributed by atoms with E-state index in [9.17, 15) is 4.79 Å². The first-order chi connectivity index (χ1) is 10.7. The van der Waals surface area contributed by atoms with Gasteiger partial charge in [-0.2, -0.15) is 0 Å². The Labute approximate surface area is 139 Å². The highest BCUT2D eigenvalue weighted by molar-refractivity contribution is 7.18. The lowest BCUT2D eigenvalue weighted by molar-refractivity contribution is 0.0383. The third-order valence-corrected chi connectivity index (χ3v) is 5.48. The molecule has 0 aliphatic carbocycles. The molecular formula is C14H21ClN4O2S. The lowest BCUT2D eigenvalue weighted by atomic mass is 10.4. The Balaban J connectivity index is 1.50. The summed E-state index contributed by atoms with van der Waals surface area (Å²) in [4.78, 5) is 21.6. The number of hydrogen-bond acceptors (Lipinski definition) is 6. The topological polar surface area (TPSA) is 57.7 Å². The number of nitrogens with one attached hydrogen (secondary N) is 1. The molecule has 2 saturated heterocycles. The predicted molar refractivity (Wildman–Crippen MR) is 88.2 cm³/mol. The van der Waals surface area contributed by atoms with Crippen molar-refractivity contribution in [3.8, 4) is 0 Å². The van der Waals surface area contributed by atoms with E-state index >= 15 is 0 Å². The third kappa shape index (κ3) is 3.90. The normalized spacial score (nSPS) is 19.6. The molecule has 8 heteroatoms. The van der Waals surface area contributed by atoms with Crippen LogP contribution in [0.3, 0.4) is 0 Å². The highest BCUT2D eigenvalue weighted by Crippen LogP contribution is 2.31. The fraction of sp³-hybridized carbons (Fsp3) is 0.714. The van der Waals surface area contributed by atoms with Gasteiger partial charge in [0.2, 0.25) is 0 Å². The fourth-order valence-electron chi connectivity index (χ4n) is 2.71. The molecule has 2 aliphatic heterocycles. The van der Waals surface area contributed by atoms with Gasteiger partial charge >= 0.3 is 0 Å². The summed E-state index contributed by atoms with van der Waals surface area (Å²) in [7, 11) is 0. The average molecular weight is 345 g/mol. The number of ether oxygens (including phenoxy) is 1. The van der Waals surface area contributed by atoms with Gasteiger partial charge in [-0.15, -0.1) is 0 Å². The monoisotopic (exact) mass is 344 g/mol. The Bertz CT molecular complexity index is 513. The van der Waals surface area contributed by atoms with Crippen LogP contribution < -0.4 is 10.2 Å². The molecule has 0 spiro atoms. The number of thiazole rings is 1. The molecule has 0 radical (unpaired) electrons. The van der Waals surface area contributed by atoms with Gasteiger partial charge < -0.3 is 15.0 Å². The van der Waals surface area contributed by atoms with Gasteiger partial charge in [0, 0.05) is 39.3 Å². The van der Waals surface area contributed by atoms with E-state index in [1.807, 2.05) is 0 Å². The molecule has 0 saturated carbocycles. The van der Waals surface area contributed by atoms with E-state index in [0.29, 0.717) is 16.6 Å². The van der Waals surface area contributed by atoms with Gasteiger partial charge in [0.15, 0.2) is 10.3 Å². The fourth-order valence-corrected chi connectivity index (χ4v) is 3.96. The molecule has 2 aliphatic rings. The molecule has 0 atom stereocenters. The van der Waals surface area contributed by atoms with E-state index in [1.165, 1.54) is 24.2 Å². The van der Waals surface area contributed by atoms with Crippen molar-refractivity contribution in [1.29, 1.82) is 0 Å². The first kappa shape index (κ1) is 16.0. The minimum absolute atomic E-state index is 0.124. The molecule has 22 heavy (non-hydrogen) atoms. The summed E-state index contributed by atoms with van der Waals surface area (Å²) in [6.07, 6.45) is 2.36. The summed E-state index contributed by atoms with van der Waals surface area (Å²) in [6.45, 7) is 6.86. The summed E-state index contributed by atoms with van der Waals surface area (Å²) in [5.74, 6) is -0.124. The molecule has 122 valence electrons. The Kier molecular flexibility index (Phi) is 5.51. The maximum Gasteiger partial charge on any atom is 0.264 e. The van der Waals surface area contributed by atoms with E-state index in [2.05, 4.69) is 20.1 Å². The number of halogens is 1. The van der Waals surface area contributed by atoms with Crippen molar-refractivity contribution in [2.24, 2.45) is 0 Å². The highest BCUT2D eigenvalue weighted by Gasteiger charge is 2.22. The molecule has 0 unspecified atom stereocenters. The second-order valence-corrected chi connectivity index (χ2v) is 6.86. The second-order valence-electron chi connectivity index (χ2n) is 5.52. The minimum atomic E-state index is -0.124. The molecule has 3 heterocycles. The molecule has 2 fully saturated rings. The van der Waals surface area contributed by atoms with Crippen LogP contribution in [0.25, 0.3) is 0 Å². The van der Waals surface area contributed by atoms with Crippen molar-refractivity contribution >= 4 is 34.0 Å². The Morgan fingerprint density at radius 3 is 2.73 bits per heavy atom. The zero-order valence-electron chi connectivity index (χ0n) is 12.5. The molecule has 1 aromatic heterocycles. The largest absolute Gasteiger partial charge is 0.379 e. The number of morpholine rings is 1. The summed E-state index contributed by atoms with van der Waals surface area (Å²) in [5, 5.41) is 4.11. The van der Waals surface area contributed by atoms with Crippen molar-refractivity contribution in [2.45, 2.75) is 12.8 Å². The van der Waals surface area contributed by atoms with Crippen molar-refractivity contribution in [3.05, 3.63) is 10.0 Å². The van der Waals surface area contributed by atoms with Gasteiger partial charge in [0.25, 0.3) is 5.91 Å². The van der Waals surface area contributed by atoms with Crippen LogP contribution in [0.4, 0.5) is 5.13 Å². The van der Waals surface area contributed by atoms with Gasteiger partial charge in [0.05, 0.1) is 13.2 Å². The van der Waals surface area contributed by atoms with E-state index in [1.54, 1.807) is 0 Å². The maximum atomic E-state index is 12.2. The first-order valence-electron chi connectivity index (χ1n) is 7.73. The number of rotatable bonds is 5. The quantitative estimate of drug-likeness (QED) is 0.876. The van der Waals surface area contributed by atoms with Crippen LogP contribution in [0.1, 0.15) is 22.5 Å². The van der Waals surface area contributed by atoms with Gasteiger partial charge in [0.1, 0.15) is 4.88 Å². The highest BCUT2D eigenvalue weighted by atomic mass is 35.5. The minimum Gasteiger partial charge on any atom is -0.379 e. The molecule has 3 rings (SSSR count). The summed E-state index contributed by atoms with van der Waals surface area (Å²) >= 11 is 7.52. The SMILES string of the molecule is O=C(NCCN1CCOCC1)c1sc(N2CCCC2)nc1Cl. The first-order valence-corrected chi connectivity index (χ1v) is 8.93. The molecule has 6 nitrogen and oxygen atoms in total. The Morgan fingerprint density at radius 1 is 1.27 bits per heavy atom. The average Bonchev–Trinajstić information content (AvgIpc) is 3.17. The van der Waals surface area contributed by atoms with E-state index in [-0.39, 0.29) is 5.91 Å². The standard InChI is InChI=1S/C14H21ClN4O2S/c15-12-11(22-14(17-12)19-4-1-2-5-19)13(20)16-3-6-18-7-9-21-10-8-18/h1-10H2,(H,16,20). The van der Waals surface area contributed by atoms with Crippen LogP contribution in [0, 0.1) is 0 Å². The lowest BCUT2D eigenvalue weighted by Crippen LogP contribution is -2.41. The van der Waals surface area contributed by atoms with Crippen LogP contribution in [-0.2, 0) is 4.74 Å². The van der Waals surface area contributed by atoms with Crippen LogP contribution >= 0.6 is 22.9 Å². The van der Waals surface area contributed by atoms with Crippen LogP contribution in [-0.4, -0.2) is 68.3 Å². The molecule has 1 N–H and O–H groups in total. The number of carbonyl (C=O) groups excluding carboxylic acids is 1. The van der Waals surface area contributed by atoms with Crippen molar-refractivity contribution in [3.63, 3.8) is 0 Å². The second kappa shape index (κ2) is 7.59. The van der Waals surface area contributed by atoms with Crippen molar-refractivity contribution in [2.75, 3.05) is 57.4 Å². The number of aromatic nitrogens is 1. The van der Waals surface area contributed by atoms with Crippen LogP contribution in [0.15, 0.2) is 0 Å². The molecule has 1 amide bonds. The number of amides is 1. The van der Waals surface area contributed by atoms with Gasteiger partial charge in [-0.1, -0.05) is 22.9 Å². The zero-order valence-corrected chi connectivity index (χ0v) is 14.1. The molecular weight excluding hydrogens is 324 g/mol. The zero-order chi connectivity index (χ0) is 15.4. The van der Waals surface area contributed by atoms with Gasteiger partial charge in [-0.3, -0.25) is 9.69 Å². The van der Waals surface area contributed by atoms with Crippen molar-refractivity contribution < 1.29 is 9.53 Å². The Hall–Kier alpha value is -0.890. The maximum absolute atomic E-state index is 12.2. The number of anilines is 1. The predicted octanol–water partition coefficient (Wildman–Crippen LogP) is 1.46. The van der Waals surface area contributed by atoms with Crippen molar-refractivity contribution in [1.82, 2.24) is 15.2 Å². The van der Waals surface area contributed by atoms with Crippen LogP contribution in [0.2, 0.25) is 5.15 Å². The number of carbonyl (C=O) groups is 1. The van der Waals surface area contributed by atoms with E-state index in [0.717, 1.165) is 51.1 Å². The van der Waals surface area contributed by atoms with E-state index < -0.39 is 0 Å². The van der Waals surface area contributed by atoms with E-state index in [4.69, 9.17) is 16.3 Å². The summed E-state index contributed by atoms with van der Waals surface area (Å²) < 4.78 is 5.31. The van der Waals surface area contributed by atoms with Crippen LogP contribution in [0.5, 0.6) is 0 Å². The third-order valence-electron chi connectivity index (χ3n) is 3.97. The smallest absolute Gasteiger partial charge is 0.264 e.